The monoisotopic (exact) mass is 191 g/mol. The Morgan fingerprint density at radius 3 is 2.64 bits per heavy atom. The molecule has 0 saturated heterocycles. The van der Waals surface area contributed by atoms with E-state index in [0.29, 0.717) is 6.42 Å². The van der Waals surface area contributed by atoms with Crippen molar-refractivity contribution in [2.75, 3.05) is 0 Å². The summed E-state index contributed by atoms with van der Waals surface area (Å²) in [6, 6.07) is 5.96. The van der Waals surface area contributed by atoms with Crippen molar-refractivity contribution in [3.8, 4) is 0 Å². The maximum absolute atomic E-state index is 10.6. The molecule has 1 unspecified atom stereocenters. The van der Waals surface area contributed by atoms with Crippen molar-refractivity contribution in [1.29, 1.82) is 0 Å². The SMILES string of the molecule is Cc1cccc(CC(C)C(=O)[O-])c1C. The summed E-state index contributed by atoms with van der Waals surface area (Å²) in [5.41, 5.74) is 3.48. The second kappa shape index (κ2) is 4.27. The number of aryl methyl sites for hydroxylation is 1. The van der Waals surface area contributed by atoms with E-state index < -0.39 is 11.9 Å². The Labute approximate surface area is 84.6 Å². The Morgan fingerprint density at radius 1 is 1.43 bits per heavy atom. The summed E-state index contributed by atoms with van der Waals surface area (Å²) in [7, 11) is 0. The zero-order chi connectivity index (χ0) is 10.7. The van der Waals surface area contributed by atoms with E-state index in [1.165, 1.54) is 11.1 Å². The number of benzene rings is 1. The van der Waals surface area contributed by atoms with Gasteiger partial charge in [-0.25, -0.2) is 0 Å². The first-order valence-electron chi connectivity index (χ1n) is 4.78. The average Bonchev–Trinajstić information content (AvgIpc) is 2.12. The predicted molar refractivity (Wildman–Crippen MR) is 53.8 cm³/mol. The van der Waals surface area contributed by atoms with Crippen LogP contribution in [-0.2, 0) is 11.2 Å². The molecule has 0 amide bonds. The van der Waals surface area contributed by atoms with E-state index >= 15 is 0 Å². The number of aliphatic carboxylic acids is 1. The van der Waals surface area contributed by atoms with Crippen LogP contribution in [0.15, 0.2) is 18.2 Å². The first-order chi connectivity index (χ1) is 6.52. The van der Waals surface area contributed by atoms with Gasteiger partial charge in [0.25, 0.3) is 0 Å². The van der Waals surface area contributed by atoms with Crippen molar-refractivity contribution in [1.82, 2.24) is 0 Å². The van der Waals surface area contributed by atoms with Crippen LogP contribution in [0.3, 0.4) is 0 Å². The number of hydrogen-bond acceptors (Lipinski definition) is 2. The van der Waals surface area contributed by atoms with E-state index in [1.54, 1.807) is 6.92 Å². The molecule has 0 fully saturated rings. The lowest BCUT2D eigenvalue weighted by atomic mass is 9.95. The van der Waals surface area contributed by atoms with Gasteiger partial charge in [0.05, 0.1) is 0 Å². The molecule has 76 valence electrons. The van der Waals surface area contributed by atoms with E-state index in [4.69, 9.17) is 0 Å². The van der Waals surface area contributed by atoms with E-state index in [2.05, 4.69) is 0 Å². The van der Waals surface area contributed by atoms with Crippen LogP contribution in [0.1, 0.15) is 23.6 Å². The average molecular weight is 191 g/mol. The van der Waals surface area contributed by atoms with Gasteiger partial charge >= 0.3 is 0 Å². The molecule has 0 spiro atoms. The Kier molecular flexibility index (Phi) is 3.28. The van der Waals surface area contributed by atoms with Gasteiger partial charge in [0.15, 0.2) is 0 Å². The van der Waals surface area contributed by atoms with E-state index in [-0.39, 0.29) is 0 Å². The van der Waals surface area contributed by atoms with Crippen LogP contribution in [0.5, 0.6) is 0 Å². The van der Waals surface area contributed by atoms with E-state index in [9.17, 15) is 9.90 Å². The van der Waals surface area contributed by atoms with Crippen LogP contribution in [0.4, 0.5) is 0 Å². The van der Waals surface area contributed by atoms with Crippen LogP contribution in [-0.4, -0.2) is 5.97 Å². The molecule has 1 atom stereocenters. The Morgan fingerprint density at radius 2 is 2.07 bits per heavy atom. The van der Waals surface area contributed by atoms with Crippen molar-refractivity contribution < 1.29 is 9.90 Å². The lowest BCUT2D eigenvalue weighted by molar-refractivity contribution is -0.310. The maximum atomic E-state index is 10.6. The van der Waals surface area contributed by atoms with Crippen molar-refractivity contribution in [2.24, 2.45) is 5.92 Å². The van der Waals surface area contributed by atoms with Crippen molar-refractivity contribution in [3.63, 3.8) is 0 Å². The van der Waals surface area contributed by atoms with Gasteiger partial charge in [-0.1, -0.05) is 25.1 Å². The van der Waals surface area contributed by atoms with Crippen LogP contribution < -0.4 is 5.11 Å². The zero-order valence-electron chi connectivity index (χ0n) is 8.83. The number of carboxylic acids is 1. The minimum absolute atomic E-state index is 0.421. The van der Waals surface area contributed by atoms with Crippen LogP contribution in [0, 0.1) is 19.8 Å². The largest absolute Gasteiger partial charge is 0.550 e. The Bertz CT molecular complexity index is 342. The fraction of sp³-hybridized carbons (Fsp3) is 0.417. The smallest absolute Gasteiger partial charge is 0.0445 e. The third-order valence-electron chi connectivity index (χ3n) is 2.65. The zero-order valence-corrected chi connectivity index (χ0v) is 8.83. The molecule has 0 aromatic heterocycles. The van der Waals surface area contributed by atoms with Gasteiger partial charge in [0.1, 0.15) is 0 Å². The van der Waals surface area contributed by atoms with Gasteiger partial charge < -0.3 is 9.90 Å². The third-order valence-corrected chi connectivity index (χ3v) is 2.65. The highest BCUT2D eigenvalue weighted by atomic mass is 16.4. The van der Waals surface area contributed by atoms with Crippen molar-refractivity contribution >= 4 is 5.97 Å². The Hall–Kier alpha value is -1.31. The molecule has 2 nitrogen and oxygen atoms in total. The second-order valence-corrected chi connectivity index (χ2v) is 3.78. The summed E-state index contributed by atoms with van der Waals surface area (Å²) in [4.78, 5) is 10.6. The first-order valence-corrected chi connectivity index (χ1v) is 4.78. The molecule has 1 rings (SSSR count). The summed E-state index contributed by atoms with van der Waals surface area (Å²) in [6.45, 7) is 5.73. The molecule has 0 aliphatic rings. The Balaban J connectivity index is 2.87. The molecule has 1 aromatic rings. The third kappa shape index (κ3) is 2.34. The number of hydrogen-bond donors (Lipinski definition) is 0. The van der Waals surface area contributed by atoms with Crippen LogP contribution in [0.25, 0.3) is 0 Å². The molecule has 0 heterocycles. The number of rotatable bonds is 3. The van der Waals surface area contributed by atoms with Crippen molar-refractivity contribution in [3.05, 3.63) is 34.9 Å². The normalized spacial score (nSPS) is 12.5. The van der Waals surface area contributed by atoms with Crippen molar-refractivity contribution in [2.45, 2.75) is 27.2 Å². The van der Waals surface area contributed by atoms with Gasteiger partial charge in [-0.05, 0) is 42.9 Å². The highest BCUT2D eigenvalue weighted by Crippen LogP contribution is 2.16. The van der Waals surface area contributed by atoms with Gasteiger partial charge in [-0.2, -0.15) is 0 Å². The highest BCUT2D eigenvalue weighted by Gasteiger charge is 2.07. The molecule has 0 bridgehead atoms. The fourth-order valence-electron chi connectivity index (χ4n) is 1.45. The molecule has 2 heteroatoms. The van der Waals surface area contributed by atoms with Crippen LogP contribution in [0.2, 0.25) is 0 Å². The summed E-state index contributed by atoms with van der Waals surface area (Å²) < 4.78 is 0. The highest BCUT2D eigenvalue weighted by molar-refractivity contribution is 5.67. The fourth-order valence-corrected chi connectivity index (χ4v) is 1.45. The van der Waals surface area contributed by atoms with Crippen LogP contribution >= 0.6 is 0 Å². The summed E-state index contributed by atoms with van der Waals surface area (Å²) >= 11 is 0. The summed E-state index contributed by atoms with van der Waals surface area (Å²) in [6.07, 6.45) is 0.551. The summed E-state index contributed by atoms with van der Waals surface area (Å²) in [5.74, 6) is -1.40. The van der Waals surface area contributed by atoms with Gasteiger partial charge in [0, 0.05) is 5.97 Å². The molecular weight excluding hydrogens is 176 g/mol. The molecule has 0 radical (unpaired) electrons. The molecule has 0 aliphatic carbocycles. The number of carboxylic acid groups (broad SMARTS) is 1. The quantitative estimate of drug-likeness (QED) is 0.721. The lowest BCUT2D eigenvalue weighted by Crippen LogP contribution is -2.30. The minimum atomic E-state index is -0.981. The molecular formula is C12H15O2-. The molecule has 1 aromatic carbocycles. The van der Waals surface area contributed by atoms with E-state index in [1.807, 2.05) is 32.0 Å². The molecule has 14 heavy (non-hydrogen) atoms. The maximum Gasteiger partial charge on any atom is 0.0445 e. The molecule has 0 aliphatic heterocycles. The first kappa shape index (κ1) is 10.8. The second-order valence-electron chi connectivity index (χ2n) is 3.78. The topological polar surface area (TPSA) is 40.1 Å². The number of carbonyl (C=O) groups excluding carboxylic acids is 1. The number of carbonyl (C=O) groups is 1. The summed E-state index contributed by atoms with van der Waals surface area (Å²) in [5, 5.41) is 10.6. The molecule has 0 N–H and O–H groups in total. The van der Waals surface area contributed by atoms with Gasteiger partial charge in [0.2, 0.25) is 0 Å². The van der Waals surface area contributed by atoms with Gasteiger partial charge in [-0.3, -0.25) is 0 Å². The minimum Gasteiger partial charge on any atom is -0.550 e. The van der Waals surface area contributed by atoms with Gasteiger partial charge in [-0.15, -0.1) is 0 Å². The van der Waals surface area contributed by atoms with E-state index in [0.717, 1.165) is 5.56 Å². The molecule has 0 saturated carbocycles. The standard InChI is InChI=1S/C12H16O2/c1-8-5-4-6-11(10(8)3)7-9(2)12(13)14/h4-6,9H,7H2,1-3H3,(H,13,14)/p-1. The lowest BCUT2D eigenvalue weighted by Gasteiger charge is -2.15. The predicted octanol–water partition coefficient (Wildman–Crippen LogP) is 1.23.